The molecule has 0 aromatic heterocycles. The molecule has 0 saturated heterocycles. The Morgan fingerprint density at radius 1 is 0.811 bits per heavy atom. The van der Waals surface area contributed by atoms with Crippen molar-refractivity contribution < 1.29 is 40.6 Å². The van der Waals surface area contributed by atoms with E-state index >= 15 is 8.78 Å². The van der Waals surface area contributed by atoms with Gasteiger partial charge in [0.15, 0.2) is 0 Å². The monoisotopic (exact) mass is 677 g/mol. The zero-order valence-corrected chi connectivity index (χ0v) is 21.6. The van der Waals surface area contributed by atoms with E-state index < -0.39 is 71.8 Å². The first-order chi connectivity index (χ1) is 17.0. The van der Waals surface area contributed by atoms with Crippen LogP contribution in [0.25, 0.3) is 5.57 Å². The lowest BCUT2D eigenvalue weighted by Crippen LogP contribution is -2.52. The van der Waals surface area contributed by atoms with Gasteiger partial charge in [0.1, 0.15) is 0 Å². The Kier molecular flexibility index (Phi) is 7.88. The van der Waals surface area contributed by atoms with Crippen LogP contribution in [-0.4, -0.2) is 27.2 Å². The van der Waals surface area contributed by atoms with E-state index in [0.717, 1.165) is 42.5 Å². The number of para-hydroxylation sites is 2. The molecule has 0 aliphatic heterocycles. The van der Waals surface area contributed by atoms with Crippen molar-refractivity contribution in [1.82, 2.24) is 0 Å². The van der Waals surface area contributed by atoms with Crippen LogP contribution in [0.5, 0.6) is 0 Å². The summed E-state index contributed by atoms with van der Waals surface area (Å²) in [4.78, 5) is 21.6. The van der Waals surface area contributed by atoms with Crippen molar-refractivity contribution in [2.45, 2.75) is 22.1 Å². The van der Waals surface area contributed by atoms with E-state index in [1.165, 1.54) is 18.6 Å². The molecule has 0 amide bonds. The number of nitro groups is 2. The number of hydrogen-bond donors (Lipinski definition) is 0. The Balaban J connectivity index is 2.51. The Morgan fingerprint density at radius 3 is 1.86 bits per heavy atom. The topological polar surface area (TPSA) is 86.3 Å². The van der Waals surface area contributed by atoms with Crippen LogP contribution < -0.4 is 0 Å². The molecule has 3 rings (SSSR count). The summed E-state index contributed by atoms with van der Waals surface area (Å²) in [5, 5.41) is 17.6. The number of rotatable bonds is 7. The fraction of sp³-hybridized carbons (Fsp3) is 0.190. The molecular weight excluding hydrogens is 669 g/mol. The summed E-state index contributed by atoms with van der Waals surface area (Å²) in [6, 6.07) is 8.43. The molecule has 0 heterocycles. The Bertz CT molecular complexity index is 1330. The molecular formula is C21H10Br2F7N2O4S. The third-order valence-corrected chi connectivity index (χ3v) is 7.56. The smallest absolute Gasteiger partial charge is 0.258 e. The van der Waals surface area contributed by atoms with Gasteiger partial charge in [-0.3, -0.25) is 20.2 Å². The van der Waals surface area contributed by atoms with Gasteiger partial charge in [-0.15, -0.1) is 0 Å². The highest BCUT2D eigenvalue weighted by Crippen LogP contribution is 2.65. The summed E-state index contributed by atoms with van der Waals surface area (Å²) in [7, 11) is 0. The van der Waals surface area contributed by atoms with E-state index in [1.54, 1.807) is 0 Å². The van der Waals surface area contributed by atoms with Crippen LogP contribution in [0.4, 0.5) is 42.1 Å². The standard InChI is InChI=1S/C21H10Br2F7N2O4S/c22-11-9-14(23)17(12-5-1-3-7-15(12)31(33)34)18(10-11,13-6-2-4-8-16(13)32(35)36)37-21(29,30)19(24,25)20(26,27)28/h1-10H. The first-order valence-corrected chi connectivity index (χ1v) is 12.0. The molecule has 0 bridgehead atoms. The van der Waals surface area contributed by atoms with Gasteiger partial charge in [0, 0.05) is 33.1 Å². The average Bonchev–Trinajstić information content (AvgIpc) is 2.77. The van der Waals surface area contributed by atoms with Crippen molar-refractivity contribution in [1.29, 1.82) is 0 Å². The number of nitrogens with zero attached hydrogens (tertiary/aromatic N) is 2. The van der Waals surface area contributed by atoms with Crippen molar-refractivity contribution in [3.05, 3.63) is 101 Å². The molecule has 1 aliphatic rings. The molecule has 197 valence electrons. The van der Waals surface area contributed by atoms with Crippen molar-refractivity contribution in [2.75, 3.05) is 0 Å². The minimum Gasteiger partial charge on any atom is -0.258 e. The number of alkyl halides is 7. The van der Waals surface area contributed by atoms with Crippen molar-refractivity contribution in [3.8, 4) is 0 Å². The number of nitro benzene ring substituents is 2. The van der Waals surface area contributed by atoms with E-state index in [1.807, 2.05) is 0 Å². The molecule has 1 atom stereocenters. The zero-order valence-electron chi connectivity index (χ0n) is 17.6. The van der Waals surface area contributed by atoms with E-state index in [2.05, 4.69) is 31.9 Å². The molecule has 1 radical (unpaired) electrons. The van der Waals surface area contributed by atoms with E-state index in [-0.39, 0.29) is 8.96 Å². The quantitative estimate of drug-likeness (QED) is 0.167. The molecule has 2 aromatic rings. The van der Waals surface area contributed by atoms with Crippen molar-refractivity contribution >= 4 is 60.6 Å². The lowest BCUT2D eigenvalue weighted by molar-refractivity contribution is -0.385. The van der Waals surface area contributed by atoms with Gasteiger partial charge < -0.3 is 0 Å². The highest BCUT2D eigenvalue weighted by molar-refractivity contribution is 9.12. The molecule has 37 heavy (non-hydrogen) atoms. The average molecular weight is 679 g/mol. The highest BCUT2D eigenvalue weighted by atomic mass is 79.9. The van der Waals surface area contributed by atoms with Gasteiger partial charge in [-0.05, 0) is 12.1 Å². The molecule has 0 saturated carbocycles. The summed E-state index contributed by atoms with van der Waals surface area (Å²) in [6.45, 7) is 0. The number of allylic oxidation sites excluding steroid dienone is 2. The van der Waals surface area contributed by atoms with Crippen LogP contribution in [0, 0.1) is 26.6 Å². The van der Waals surface area contributed by atoms with Crippen LogP contribution in [-0.2, 0) is 4.75 Å². The fourth-order valence-electron chi connectivity index (χ4n) is 3.58. The summed E-state index contributed by atoms with van der Waals surface area (Å²) < 4.78 is 94.3. The normalized spacial score (nSPS) is 19.0. The van der Waals surface area contributed by atoms with Crippen LogP contribution >= 0.6 is 43.6 Å². The second-order valence-corrected chi connectivity index (χ2v) is 10.5. The third-order valence-electron chi connectivity index (χ3n) is 5.10. The van der Waals surface area contributed by atoms with Gasteiger partial charge in [0.25, 0.3) is 11.4 Å². The Labute approximate surface area is 224 Å². The summed E-state index contributed by atoms with van der Waals surface area (Å²) in [5.41, 5.74) is -3.39. The summed E-state index contributed by atoms with van der Waals surface area (Å²) in [5.74, 6) is -6.59. The number of thioether (sulfide) groups is 1. The summed E-state index contributed by atoms with van der Waals surface area (Å²) in [6.07, 6.45) is -4.76. The molecule has 6 nitrogen and oxygen atoms in total. The first-order valence-electron chi connectivity index (χ1n) is 9.60. The fourth-order valence-corrected chi connectivity index (χ4v) is 6.95. The van der Waals surface area contributed by atoms with E-state index in [4.69, 9.17) is 0 Å². The minimum atomic E-state index is -6.70. The third kappa shape index (κ3) is 5.14. The lowest BCUT2D eigenvalue weighted by Gasteiger charge is -2.40. The van der Waals surface area contributed by atoms with Gasteiger partial charge >= 0.3 is 17.4 Å². The van der Waals surface area contributed by atoms with Gasteiger partial charge in [-0.2, -0.15) is 30.7 Å². The second-order valence-electron chi connectivity index (χ2n) is 7.37. The molecule has 0 N–H and O–H groups in total. The molecule has 1 unspecified atom stereocenters. The van der Waals surface area contributed by atoms with Gasteiger partial charge in [0.2, 0.25) is 0 Å². The highest BCUT2D eigenvalue weighted by Gasteiger charge is 2.75. The molecule has 16 heteroatoms. The number of halogens is 9. The maximum absolute atomic E-state index is 15.0. The van der Waals surface area contributed by atoms with Gasteiger partial charge in [0.05, 0.1) is 25.7 Å². The van der Waals surface area contributed by atoms with Crippen LogP contribution in [0.2, 0.25) is 0 Å². The molecule has 1 aliphatic carbocycles. The van der Waals surface area contributed by atoms with E-state index in [0.29, 0.717) is 0 Å². The predicted octanol–water partition coefficient (Wildman–Crippen LogP) is 8.52. The molecule has 0 fully saturated rings. The molecule has 0 spiro atoms. The largest absolute Gasteiger partial charge is 0.460 e. The Hall–Kier alpha value is -2.46. The SMILES string of the molecule is O=[N+]([O-])c1ccccc1C1=C(Br)[CH]C(Br)=CC1(SC(F)(F)C(F)(F)C(F)(F)F)c1ccccc1[N+](=O)[O-]. The zero-order chi connectivity index (χ0) is 28.0. The minimum absolute atomic E-state index is 0.140. The first kappa shape index (κ1) is 29.1. The van der Waals surface area contributed by atoms with Gasteiger partial charge in [-0.25, -0.2) is 0 Å². The number of benzene rings is 2. The Morgan fingerprint density at radius 2 is 1.32 bits per heavy atom. The van der Waals surface area contributed by atoms with Crippen LogP contribution in [0.3, 0.4) is 0 Å². The second kappa shape index (κ2) is 10.0. The van der Waals surface area contributed by atoms with Crippen LogP contribution in [0.15, 0.2) is 63.6 Å². The van der Waals surface area contributed by atoms with E-state index in [9.17, 15) is 42.2 Å². The van der Waals surface area contributed by atoms with Crippen molar-refractivity contribution in [2.24, 2.45) is 0 Å². The molecule has 2 aromatic carbocycles. The predicted molar refractivity (Wildman–Crippen MR) is 129 cm³/mol. The van der Waals surface area contributed by atoms with Gasteiger partial charge in [-0.1, -0.05) is 74.0 Å². The van der Waals surface area contributed by atoms with Crippen LogP contribution in [0.1, 0.15) is 11.1 Å². The summed E-state index contributed by atoms with van der Waals surface area (Å²) >= 11 is 4.79. The lowest BCUT2D eigenvalue weighted by atomic mass is 9.81. The van der Waals surface area contributed by atoms with Crippen molar-refractivity contribution in [3.63, 3.8) is 0 Å². The maximum atomic E-state index is 15.0. The maximum Gasteiger partial charge on any atom is 0.460 e. The number of hydrogen-bond acceptors (Lipinski definition) is 5.